The Labute approximate surface area is 200 Å². The zero-order valence-corrected chi connectivity index (χ0v) is 20.4. The zero-order valence-electron chi connectivity index (χ0n) is 17.2. The van der Waals surface area contributed by atoms with Crippen LogP contribution in [0.4, 0.5) is 13.2 Å². The number of amides is 1. The van der Waals surface area contributed by atoms with E-state index in [2.05, 4.69) is 20.9 Å². The van der Waals surface area contributed by atoms with Gasteiger partial charge in [-0.25, -0.2) is 0 Å². The summed E-state index contributed by atoms with van der Waals surface area (Å²) in [5, 5.41) is 10.8. The number of alkyl halides is 3. The number of guanidine groups is 1. The molecule has 0 aliphatic heterocycles. The van der Waals surface area contributed by atoms with Crippen LogP contribution >= 0.6 is 35.3 Å². The van der Waals surface area contributed by atoms with Crippen LogP contribution in [0.3, 0.4) is 0 Å². The molecule has 0 atom stereocenters. The molecule has 0 bridgehead atoms. The van der Waals surface area contributed by atoms with Crippen LogP contribution in [0.25, 0.3) is 0 Å². The van der Waals surface area contributed by atoms with Crippen LogP contribution in [-0.4, -0.2) is 44.8 Å². The van der Waals surface area contributed by atoms with Crippen molar-refractivity contribution in [2.45, 2.75) is 26.1 Å². The van der Waals surface area contributed by atoms with Crippen molar-refractivity contribution in [3.05, 3.63) is 51.7 Å². The molecule has 3 N–H and O–H groups in total. The largest absolute Gasteiger partial charge is 0.484 e. The molecule has 0 aliphatic rings. The molecule has 1 aromatic heterocycles. The van der Waals surface area contributed by atoms with Gasteiger partial charge < -0.3 is 20.7 Å². The number of halogens is 4. The predicted molar refractivity (Wildman–Crippen MR) is 128 cm³/mol. The molecule has 0 radical (unpaired) electrons. The summed E-state index contributed by atoms with van der Waals surface area (Å²) in [5.41, 5.74) is 1.40. The lowest BCUT2D eigenvalue weighted by molar-refractivity contribution is -0.153. The van der Waals surface area contributed by atoms with Gasteiger partial charge >= 0.3 is 6.18 Å². The van der Waals surface area contributed by atoms with Crippen molar-refractivity contribution in [1.82, 2.24) is 16.0 Å². The summed E-state index contributed by atoms with van der Waals surface area (Å²) >= 11 is 1.39. The maximum absolute atomic E-state index is 12.5. The molecule has 2 rings (SSSR count). The van der Waals surface area contributed by atoms with Crippen molar-refractivity contribution < 1.29 is 22.7 Å². The molecular weight excluding hydrogens is 544 g/mol. The number of hydrogen-bond acceptors (Lipinski definition) is 4. The molecule has 1 aromatic carbocycles. The van der Waals surface area contributed by atoms with Crippen molar-refractivity contribution in [2.24, 2.45) is 4.99 Å². The van der Waals surface area contributed by atoms with Gasteiger partial charge in [0.1, 0.15) is 5.75 Å². The monoisotopic (exact) mass is 570 g/mol. The van der Waals surface area contributed by atoms with Crippen LogP contribution in [-0.2, 0) is 6.54 Å². The first-order chi connectivity index (χ1) is 14.3. The van der Waals surface area contributed by atoms with Crippen molar-refractivity contribution in [3.63, 3.8) is 0 Å². The Morgan fingerprint density at radius 2 is 1.90 bits per heavy atom. The highest BCUT2D eigenvalue weighted by Crippen LogP contribution is 2.23. The average Bonchev–Trinajstić information content (AvgIpc) is 3.23. The molecule has 1 heterocycles. The van der Waals surface area contributed by atoms with Crippen molar-refractivity contribution >= 4 is 47.2 Å². The van der Waals surface area contributed by atoms with E-state index >= 15 is 0 Å². The maximum atomic E-state index is 12.5. The smallest absolute Gasteiger partial charge is 0.422 e. The van der Waals surface area contributed by atoms with E-state index in [9.17, 15) is 18.0 Å². The summed E-state index contributed by atoms with van der Waals surface area (Å²) in [5.74, 6) is 0.590. The Bertz CT molecular complexity index is 845. The second-order valence-corrected chi connectivity index (χ2v) is 7.40. The SMILES string of the molecule is CN=C(NCCCNC(=O)c1cccs1)NCc1ccc(C)cc1OCC(F)(F)F.I. The Hall–Kier alpha value is -2.02. The fourth-order valence-electron chi connectivity index (χ4n) is 2.49. The minimum atomic E-state index is -4.40. The zero-order chi connectivity index (χ0) is 22.0. The van der Waals surface area contributed by atoms with Crippen molar-refractivity contribution in [3.8, 4) is 5.75 Å². The highest BCUT2D eigenvalue weighted by atomic mass is 127. The lowest BCUT2D eigenvalue weighted by atomic mass is 10.1. The van der Waals surface area contributed by atoms with Gasteiger partial charge in [0.05, 0.1) is 4.88 Å². The summed E-state index contributed by atoms with van der Waals surface area (Å²) in [6.45, 7) is 1.77. The number of carbonyl (C=O) groups excluding carboxylic acids is 1. The number of ether oxygens (including phenoxy) is 1. The average molecular weight is 570 g/mol. The van der Waals surface area contributed by atoms with E-state index < -0.39 is 12.8 Å². The van der Waals surface area contributed by atoms with Gasteiger partial charge in [-0.1, -0.05) is 18.2 Å². The summed E-state index contributed by atoms with van der Waals surface area (Å²) in [6, 6.07) is 8.70. The standard InChI is InChI=1S/C20H25F3N4O2S.HI/c1-14-6-7-15(16(11-14)29-13-20(21,22)23)12-27-19(24-2)26-9-4-8-25-18(28)17-5-3-10-30-17;/h3,5-7,10-11H,4,8-9,12-13H2,1-2H3,(H,25,28)(H2,24,26,27);1H. The molecule has 0 fully saturated rings. The van der Waals surface area contributed by atoms with Crippen molar-refractivity contribution in [1.29, 1.82) is 0 Å². The van der Waals surface area contributed by atoms with Crippen LogP contribution in [0.15, 0.2) is 40.7 Å². The van der Waals surface area contributed by atoms with Crippen LogP contribution in [0.5, 0.6) is 5.75 Å². The Kier molecular flexibility index (Phi) is 11.7. The molecule has 1 amide bonds. The normalized spacial score (nSPS) is 11.5. The third-order valence-corrected chi connectivity index (χ3v) is 4.83. The third kappa shape index (κ3) is 10.2. The molecule has 0 saturated heterocycles. The lowest BCUT2D eigenvalue weighted by Gasteiger charge is -2.16. The first-order valence-corrected chi connectivity index (χ1v) is 10.2. The summed E-state index contributed by atoms with van der Waals surface area (Å²) < 4.78 is 42.4. The van der Waals surface area contributed by atoms with Crippen LogP contribution < -0.4 is 20.7 Å². The fourth-order valence-corrected chi connectivity index (χ4v) is 3.13. The molecule has 0 aliphatic carbocycles. The second-order valence-electron chi connectivity index (χ2n) is 6.45. The van der Waals surface area contributed by atoms with E-state index in [0.717, 1.165) is 5.56 Å². The number of nitrogens with one attached hydrogen (secondary N) is 3. The lowest BCUT2D eigenvalue weighted by Crippen LogP contribution is -2.38. The summed E-state index contributed by atoms with van der Waals surface area (Å²) in [7, 11) is 1.60. The molecule has 11 heteroatoms. The molecule has 172 valence electrons. The fraction of sp³-hybridized carbons (Fsp3) is 0.400. The highest BCUT2D eigenvalue weighted by molar-refractivity contribution is 14.0. The molecule has 2 aromatic rings. The Morgan fingerprint density at radius 1 is 1.16 bits per heavy atom. The van der Waals surface area contributed by atoms with E-state index in [4.69, 9.17) is 4.74 Å². The minimum absolute atomic E-state index is 0. The number of aryl methyl sites for hydroxylation is 1. The van der Waals surface area contributed by atoms with Gasteiger partial charge in [-0.3, -0.25) is 9.79 Å². The van der Waals surface area contributed by atoms with E-state index in [-0.39, 0.29) is 42.2 Å². The number of benzene rings is 1. The molecular formula is C20H26F3IN4O2S. The van der Waals surface area contributed by atoms with Gasteiger partial charge in [0.2, 0.25) is 0 Å². The quantitative estimate of drug-likeness (QED) is 0.184. The number of thiophene rings is 1. The Balaban J connectivity index is 0.00000480. The predicted octanol–water partition coefficient (Wildman–Crippen LogP) is 4.10. The van der Waals surface area contributed by atoms with E-state index in [1.54, 1.807) is 32.2 Å². The van der Waals surface area contributed by atoms with Gasteiger partial charge in [0.15, 0.2) is 12.6 Å². The second kappa shape index (κ2) is 13.4. The molecule has 0 saturated carbocycles. The van der Waals surface area contributed by atoms with Gasteiger partial charge in [-0.15, -0.1) is 35.3 Å². The number of aliphatic imine (C=N–C) groups is 1. The molecule has 0 spiro atoms. The van der Waals surface area contributed by atoms with Gasteiger partial charge in [-0.05, 0) is 36.4 Å². The maximum Gasteiger partial charge on any atom is 0.422 e. The number of rotatable bonds is 9. The number of carbonyl (C=O) groups is 1. The molecule has 31 heavy (non-hydrogen) atoms. The summed E-state index contributed by atoms with van der Waals surface area (Å²) in [6.07, 6.45) is -3.72. The molecule has 0 unspecified atom stereocenters. The number of nitrogens with zero attached hydrogens (tertiary/aromatic N) is 1. The molecule has 6 nitrogen and oxygen atoms in total. The minimum Gasteiger partial charge on any atom is -0.484 e. The Morgan fingerprint density at radius 3 is 2.55 bits per heavy atom. The van der Waals surface area contributed by atoms with Gasteiger partial charge in [0, 0.05) is 32.2 Å². The van der Waals surface area contributed by atoms with Gasteiger partial charge in [-0.2, -0.15) is 13.2 Å². The van der Waals surface area contributed by atoms with E-state index in [1.165, 1.54) is 11.3 Å². The van der Waals surface area contributed by atoms with E-state index in [1.807, 2.05) is 17.5 Å². The van der Waals surface area contributed by atoms with Crippen LogP contribution in [0, 0.1) is 6.92 Å². The van der Waals surface area contributed by atoms with Crippen molar-refractivity contribution in [2.75, 3.05) is 26.7 Å². The topological polar surface area (TPSA) is 74.8 Å². The third-order valence-electron chi connectivity index (χ3n) is 3.96. The van der Waals surface area contributed by atoms with E-state index in [0.29, 0.717) is 35.9 Å². The first kappa shape index (κ1) is 27.0. The summed E-state index contributed by atoms with van der Waals surface area (Å²) in [4.78, 5) is 16.6. The van der Waals surface area contributed by atoms with Crippen LogP contribution in [0.1, 0.15) is 27.2 Å². The number of hydrogen-bond donors (Lipinski definition) is 3. The highest BCUT2D eigenvalue weighted by Gasteiger charge is 2.28. The van der Waals surface area contributed by atoms with Crippen LogP contribution in [0.2, 0.25) is 0 Å². The van der Waals surface area contributed by atoms with Gasteiger partial charge in [0.25, 0.3) is 5.91 Å². The first-order valence-electron chi connectivity index (χ1n) is 9.34.